The summed E-state index contributed by atoms with van der Waals surface area (Å²) >= 11 is 1.20. The number of aliphatic hydroxyl groups is 1. The van der Waals surface area contributed by atoms with Crippen molar-refractivity contribution in [1.29, 1.82) is 0 Å². The molecule has 1 aliphatic rings. The van der Waals surface area contributed by atoms with Crippen LogP contribution in [0, 0.1) is 0 Å². The van der Waals surface area contributed by atoms with Crippen molar-refractivity contribution >= 4 is 46.4 Å². The maximum Gasteiger partial charge on any atom is 0.303 e. The summed E-state index contributed by atoms with van der Waals surface area (Å²) in [6.45, 7) is 2.40. The smallest absolute Gasteiger partial charge is 0.303 e. The number of rotatable bonds is 12. The number of nitrogens with zero attached hydrogens (tertiary/aromatic N) is 4. The van der Waals surface area contributed by atoms with Crippen molar-refractivity contribution in [2.24, 2.45) is 0 Å². The number of thioether (sulfide) groups is 1. The molecule has 0 unspecified atom stereocenters. The van der Waals surface area contributed by atoms with Crippen molar-refractivity contribution in [3.8, 4) is 5.75 Å². The zero-order chi connectivity index (χ0) is 37.9. The molecule has 3 heterocycles. The maximum absolute atomic E-state index is 13.6. The summed E-state index contributed by atoms with van der Waals surface area (Å²) in [5, 5.41) is 13.4. The van der Waals surface area contributed by atoms with E-state index in [9.17, 15) is 19.5 Å². The number of ether oxygens (including phenoxy) is 3. The van der Waals surface area contributed by atoms with Gasteiger partial charge in [-0.05, 0) is 47.9 Å². The first-order valence-electron chi connectivity index (χ1n) is 17.2. The van der Waals surface area contributed by atoms with Crippen LogP contribution >= 0.6 is 11.8 Å². The van der Waals surface area contributed by atoms with E-state index in [-0.39, 0.29) is 23.6 Å². The number of hydrogen-bond donors (Lipinski definition) is 2. The van der Waals surface area contributed by atoms with E-state index in [1.165, 1.54) is 38.3 Å². The van der Waals surface area contributed by atoms with Gasteiger partial charge in [-0.15, -0.1) is 11.8 Å². The van der Waals surface area contributed by atoms with E-state index in [0.29, 0.717) is 11.3 Å². The number of carbonyl (C=O) groups is 3. The molecule has 2 aromatic heterocycles. The van der Waals surface area contributed by atoms with Gasteiger partial charge in [-0.25, -0.2) is 15.0 Å². The van der Waals surface area contributed by atoms with Gasteiger partial charge in [-0.3, -0.25) is 19.0 Å². The molecule has 4 atom stereocenters. The van der Waals surface area contributed by atoms with Crippen LogP contribution in [0.1, 0.15) is 46.3 Å². The summed E-state index contributed by atoms with van der Waals surface area (Å²) in [5.41, 5.74) is -0.0534. The first-order chi connectivity index (χ1) is 26.2. The van der Waals surface area contributed by atoms with Crippen molar-refractivity contribution in [2.75, 3.05) is 19.0 Å². The van der Waals surface area contributed by atoms with Crippen LogP contribution in [-0.4, -0.2) is 73.0 Å². The largest absolute Gasteiger partial charge is 0.497 e. The number of methoxy groups -OCH3 is 1. The predicted molar refractivity (Wildman–Crippen MR) is 203 cm³/mol. The van der Waals surface area contributed by atoms with Gasteiger partial charge in [0.15, 0.2) is 34.5 Å². The topological polar surface area (TPSA) is 155 Å². The molecule has 13 heteroatoms. The van der Waals surface area contributed by atoms with Gasteiger partial charge >= 0.3 is 5.97 Å². The fourth-order valence-electron chi connectivity index (χ4n) is 6.90. The third-order valence-electron chi connectivity index (χ3n) is 9.51. The molecule has 0 radical (unpaired) electrons. The highest BCUT2D eigenvalue weighted by molar-refractivity contribution is 8.00. The molecule has 274 valence electrons. The van der Waals surface area contributed by atoms with E-state index < -0.39 is 45.6 Å². The van der Waals surface area contributed by atoms with Crippen LogP contribution in [0.5, 0.6) is 5.75 Å². The molecule has 1 amide bonds. The van der Waals surface area contributed by atoms with Gasteiger partial charge in [-0.1, -0.05) is 91.0 Å². The molecule has 4 aromatic carbocycles. The average molecular weight is 744 g/mol. The summed E-state index contributed by atoms with van der Waals surface area (Å²) in [5.74, 6) is -0.890. The first kappa shape index (κ1) is 36.5. The summed E-state index contributed by atoms with van der Waals surface area (Å²) in [6, 6.07) is 35.7. The minimum absolute atomic E-state index is 0.0789. The van der Waals surface area contributed by atoms with Crippen molar-refractivity contribution < 1.29 is 33.7 Å². The van der Waals surface area contributed by atoms with E-state index in [2.05, 4.69) is 20.3 Å². The third kappa shape index (κ3) is 6.61. The van der Waals surface area contributed by atoms with E-state index in [4.69, 9.17) is 14.2 Å². The summed E-state index contributed by atoms with van der Waals surface area (Å²) < 4.78 is 20.0. The lowest BCUT2D eigenvalue weighted by atomic mass is 9.80. The van der Waals surface area contributed by atoms with Gasteiger partial charge in [0.05, 0.1) is 25.3 Å². The average Bonchev–Trinajstić information content (AvgIpc) is 3.75. The number of anilines is 1. The lowest BCUT2D eigenvalue weighted by Gasteiger charge is -2.37. The number of imidazole rings is 1. The second-order valence-corrected chi connectivity index (χ2v) is 14.1. The molecule has 1 fully saturated rings. The monoisotopic (exact) mass is 743 g/mol. The molecule has 1 aliphatic heterocycles. The van der Waals surface area contributed by atoms with Crippen molar-refractivity contribution in [2.45, 2.75) is 41.8 Å². The number of nitrogens with one attached hydrogen (secondary N) is 1. The summed E-state index contributed by atoms with van der Waals surface area (Å²) in [7, 11) is 1.60. The van der Waals surface area contributed by atoms with Gasteiger partial charge in [0, 0.05) is 12.5 Å². The van der Waals surface area contributed by atoms with Gasteiger partial charge in [-0.2, -0.15) is 0 Å². The van der Waals surface area contributed by atoms with Crippen LogP contribution in [0.25, 0.3) is 11.2 Å². The van der Waals surface area contributed by atoms with E-state index in [1.54, 1.807) is 42.0 Å². The molecule has 12 nitrogen and oxygen atoms in total. The Morgan fingerprint density at radius 3 is 2.00 bits per heavy atom. The number of Topliss-reactive ketones (excluding diaryl/α,β-unsaturated/α-hetero) is 1. The predicted octanol–water partition coefficient (Wildman–Crippen LogP) is 5.96. The minimum Gasteiger partial charge on any atom is -0.497 e. The zero-order valence-corrected chi connectivity index (χ0v) is 30.5. The highest BCUT2D eigenvalue weighted by atomic mass is 32.2. The van der Waals surface area contributed by atoms with Gasteiger partial charge in [0.1, 0.15) is 23.1 Å². The fraction of sp³-hybridized carbons (Fsp3) is 0.220. The molecule has 0 aliphatic carbocycles. The Morgan fingerprint density at radius 1 is 0.833 bits per heavy atom. The van der Waals surface area contributed by atoms with Crippen LogP contribution < -0.4 is 10.1 Å². The van der Waals surface area contributed by atoms with Gasteiger partial charge in [0.25, 0.3) is 5.91 Å². The molecular weight excluding hydrogens is 707 g/mol. The number of fused-ring (bicyclic) bond motifs is 1. The standard InChI is InChI=1S/C41H37N5O7S/c1-26(47)40(50)35(53-27(2)48)33(54-39(40)46-25-44-34-36(42-24-43-37(34)46)45-38(49)28-13-7-4-8-14-28)23-52-41(29-15-9-5-10-16-29,30-17-11-6-12-18-30)31-19-21-32(51-3)22-20-31/h4-22,24-25,33,35,39,50H,23H2,1-3H3,(H,42,43,45,49)/t33-,35-,39-,40-/m1/s1. The number of esters is 1. The lowest BCUT2D eigenvalue weighted by molar-refractivity contribution is -0.170. The molecule has 54 heavy (non-hydrogen) atoms. The molecular formula is C41H37N5O7S. The second kappa shape index (κ2) is 15.2. The number of aromatic nitrogens is 4. The number of carbonyl (C=O) groups excluding carboxylic acids is 3. The SMILES string of the molecule is COc1ccc(C(OC[C@H]2S[C@@H](n3cnc4c(NC(=O)c5ccccc5)ncnc43)[C@@](O)(C(C)=O)[C@@H]2OC(C)=O)(c2ccccc2)c2ccccc2)cc1. The Labute approximate surface area is 315 Å². The Bertz CT molecular complexity index is 2230. The van der Waals surface area contributed by atoms with Crippen LogP contribution in [-0.2, 0) is 24.7 Å². The van der Waals surface area contributed by atoms with E-state index >= 15 is 0 Å². The lowest BCUT2D eigenvalue weighted by Crippen LogP contribution is -2.54. The van der Waals surface area contributed by atoms with Crippen LogP contribution in [0.2, 0.25) is 0 Å². The second-order valence-electron chi connectivity index (χ2n) is 12.8. The van der Waals surface area contributed by atoms with E-state index in [1.807, 2.05) is 84.9 Å². The number of benzene rings is 4. The molecule has 0 bridgehead atoms. The molecule has 0 saturated carbocycles. The summed E-state index contributed by atoms with van der Waals surface area (Å²) in [6.07, 6.45) is 1.35. The third-order valence-corrected chi connectivity index (χ3v) is 11.1. The molecule has 7 rings (SSSR count). The molecule has 6 aromatic rings. The molecule has 0 spiro atoms. The first-order valence-corrected chi connectivity index (χ1v) is 18.1. The van der Waals surface area contributed by atoms with Crippen LogP contribution in [0.4, 0.5) is 5.82 Å². The quantitative estimate of drug-likeness (QED) is 0.113. The van der Waals surface area contributed by atoms with Gasteiger partial charge in [0.2, 0.25) is 0 Å². The number of hydrogen-bond acceptors (Lipinski definition) is 11. The minimum atomic E-state index is -2.24. The zero-order valence-electron chi connectivity index (χ0n) is 29.7. The Hall–Kier alpha value is -5.89. The number of amides is 1. The Kier molecular flexibility index (Phi) is 10.3. The fourth-order valence-corrected chi connectivity index (χ4v) is 8.58. The summed E-state index contributed by atoms with van der Waals surface area (Å²) in [4.78, 5) is 52.5. The van der Waals surface area contributed by atoms with Crippen molar-refractivity contribution in [3.63, 3.8) is 0 Å². The maximum atomic E-state index is 13.6. The Balaban J connectivity index is 1.30. The highest BCUT2D eigenvalue weighted by Gasteiger charge is 2.62. The Morgan fingerprint density at radius 2 is 1.43 bits per heavy atom. The highest BCUT2D eigenvalue weighted by Crippen LogP contribution is 2.53. The normalized spacial score (nSPS) is 19.7. The van der Waals surface area contributed by atoms with Crippen molar-refractivity contribution in [1.82, 2.24) is 19.5 Å². The van der Waals surface area contributed by atoms with Crippen LogP contribution in [0.3, 0.4) is 0 Å². The molecule has 2 N–H and O–H groups in total. The van der Waals surface area contributed by atoms with Crippen LogP contribution in [0.15, 0.2) is 128 Å². The van der Waals surface area contributed by atoms with Gasteiger partial charge < -0.3 is 24.6 Å². The molecule has 1 saturated heterocycles. The number of ketones is 1. The van der Waals surface area contributed by atoms with E-state index in [0.717, 1.165) is 16.7 Å². The van der Waals surface area contributed by atoms with Crippen molar-refractivity contribution in [3.05, 3.63) is 150 Å².